The Morgan fingerprint density at radius 2 is 1.24 bits per heavy atom. The Kier molecular flexibility index (Phi) is 9.45. The van der Waals surface area contributed by atoms with Gasteiger partial charge in [0.25, 0.3) is 0 Å². The van der Waals surface area contributed by atoms with Crippen molar-refractivity contribution >= 4 is 17.3 Å². The lowest BCUT2D eigenvalue weighted by Gasteiger charge is -2.46. The summed E-state index contributed by atoms with van der Waals surface area (Å²) in [7, 11) is 0. The Morgan fingerprint density at radius 3 is 1.74 bits per heavy atom. The van der Waals surface area contributed by atoms with E-state index in [4.69, 9.17) is 4.74 Å². The van der Waals surface area contributed by atoms with Crippen molar-refractivity contribution in [2.75, 3.05) is 16.8 Å². The van der Waals surface area contributed by atoms with Crippen molar-refractivity contribution in [3.05, 3.63) is 132 Å². The van der Waals surface area contributed by atoms with Crippen molar-refractivity contribution in [3.63, 3.8) is 0 Å². The zero-order valence-electron chi connectivity index (χ0n) is 24.3. The number of carbonyl (C=O) groups excluding carboxylic acids is 1. The molecule has 0 radical (unpaired) electrons. The van der Waals surface area contributed by atoms with Crippen LogP contribution in [0.2, 0.25) is 0 Å². The number of ether oxygens (including phenoxy) is 3. The molecule has 0 saturated carbocycles. The van der Waals surface area contributed by atoms with Gasteiger partial charge in [-0.2, -0.15) is 0 Å². The van der Waals surface area contributed by atoms with E-state index >= 15 is 0 Å². The number of hydrogen-bond acceptors (Lipinski definition) is 6. The topological polar surface area (TPSA) is 60.0 Å². The van der Waals surface area contributed by atoms with Gasteiger partial charge < -0.3 is 24.4 Å². The summed E-state index contributed by atoms with van der Waals surface area (Å²) in [5, 5.41) is 3.24. The maximum absolute atomic E-state index is 13.8. The molecule has 0 aromatic heterocycles. The lowest BCUT2D eigenvalue weighted by Crippen LogP contribution is -2.41. The van der Waals surface area contributed by atoms with Crippen molar-refractivity contribution in [2.24, 2.45) is 0 Å². The summed E-state index contributed by atoms with van der Waals surface area (Å²) < 4.78 is 90.7. The smallest absolute Gasteiger partial charge is 0.463 e. The highest BCUT2D eigenvalue weighted by molar-refractivity contribution is 5.93. The van der Waals surface area contributed by atoms with Crippen LogP contribution in [0.4, 0.5) is 37.7 Å². The number of alkyl halides is 6. The van der Waals surface area contributed by atoms with E-state index in [9.17, 15) is 31.1 Å². The molecule has 4 aromatic rings. The summed E-state index contributed by atoms with van der Waals surface area (Å²) in [5.74, 6) is -1.44. The van der Waals surface area contributed by atoms with Crippen LogP contribution in [0.5, 0.6) is 11.5 Å². The van der Waals surface area contributed by atoms with Crippen LogP contribution >= 0.6 is 0 Å². The molecule has 0 fully saturated rings. The van der Waals surface area contributed by atoms with E-state index in [1.165, 1.54) is 36.4 Å². The molecule has 46 heavy (non-hydrogen) atoms. The lowest BCUT2D eigenvalue weighted by molar-refractivity contribution is -0.275. The normalized spacial score (nSPS) is 17.0. The number of anilines is 2. The first kappa shape index (κ1) is 32.3. The number of rotatable bonds is 9. The maximum atomic E-state index is 13.8. The van der Waals surface area contributed by atoms with E-state index in [0.717, 1.165) is 17.7 Å². The monoisotopic (exact) mass is 642 g/mol. The molecule has 0 aliphatic carbocycles. The fourth-order valence-corrected chi connectivity index (χ4v) is 5.43. The van der Waals surface area contributed by atoms with Gasteiger partial charge in [-0.25, -0.2) is 4.79 Å². The molecule has 2 atom stereocenters. The van der Waals surface area contributed by atoms with Gasteiger partial charge in [-0.05, 0) is 66.6 Å². The molecule has 5 rings (SSSR count). The van der Waals surface area contributed by atoms with Gasteiger partial charge >= 0.3 is 18.7 Å². The molecule has 0 spiro atoms. The third-order valence-electron chi connectivity index (χ3n) is 7.16. The van der Waals surface area contributed by atoms with E-state index in [2.05, 4.69) is 14.8 Å². The summed E-state index contributed by atoms with van der Waals surface area (Å²) in [6.07, 6.45) is -9.53. The number of halogens is 6. The highest BCUT2D eigenvalue weighted by atomic mass is 19.4. The van der Waals surface area contributed by atoms with Gasteiger partial charge in [-0.3, -0.25) is 0 Å². The van der Waals surface area contributed by atoms with Gasteiger partial charge in [-0.15, -0.1) is 26.3 Å². The van der Waals surface area contributed by atoms with Gasteiger partial charge in [-0.1, -0.05) is 60.7 Å². The average Bonchev–Trinajstić information content (AvgIpc) is 3.01. The predicted octanol–water partition coefficient (Wildman–Crippen LogP) is 9.11. The minimum absolute atomic E-state index is 0.0617. The SMILES string of the molecule is CCOC(=O)C1=C(Nc2ccc(OC(F)(F)F)cc2)C[C@H](c2ccccc2)N(c2ccc(OC(F)(F)F)cc2)[C@H]1c1ccccc1. The summed E-state index contributed by atoms with van der Waals surface area (Å²) in [6.45, 7) is 1.72. The van der Waals surface area contributed by atoms with Crippen molar-refractivity contribution in [3.8, 4) is 11.5 Å². The molecule has 1 heterocycles. The van der Waals surface area contributed by atoms with Crippen molar-refractivity contribution in [1.29, 1.82) is 0 Å². The Labute approximate surface area is 260 Å². The standard InChI is InChI=1S/C34H28F6N2O4/c1-2-44-32(43)30-28(41-24-13-17-26(18-14-24)45-33(35,36)37)21-29(22-9-5-3-6-10-22)42(31(30)23-11-7-4-8-12-23)25-15-19-27(20-16-25)46-34(38,39)40/h3-20,29,31,41H,2,21H2,1H3/t29-,31+/m1/s1. The molecule has 4 aromatic carbocycles. The lowest BCUT2D eigenvalue weighted by atomic mass is 9.84. The van der Waals surface area contributed by atoms with Crippen LogP contribution in [-0.2, 0) is 9.53 Å². The Balaban J connectivity index is 1.67. The van der Waals surface area contributed by atoms with E-state index in [1.54, 1.807) is 19.1 Å². The summed E-state index contributed by atoms with van der Waals surface area (Å²) >= 11 is 0. The fraction of sp³-hybridized carbons (Fsp3) is 0.206. The first-order chi connectivity index (χ1) is 21.9. The fourth-order valence-electron chi connectivity index (χ4n) is 5.43. The van der Waals surface area contributed by atoms with Crippen molar-refractivity contribution < 1.29 is 45.3 Å². The van der Waals surface area contributed by atoms with Gasteiger partial charge in [0.05, 0.1) is 24.3 Å². The van der Waals surface area contributed by atoms with Crippen LogP contribution in [0.3, 0.4) is 0 Å². The molecule has 1 aliphatic rings. The molecule has 0 saturated heterocycles. The average molecular weight is 643 g/mol. The van der Waals surface area contributed by atoms with Crippen LogP contribution in [0, 0.1) is 0 Å². The summed E-state index contributed by atoms with van der Waals surface area (Å²) in [5.41, 5.74) is 3.12. The van der Waals surface area contributed by atoms with Gasteiger partial charge in [0.15, 0.2) is 0 Å². The zero-order chi connectivity index (χ0) is 32.9. The number of nitrogens with one attached hydrogen (secondary N) is 1. The minimum atomic E-state index is -4.87. The van der Waals surface area contributed by atoms with Gasteiger partial charge in [0.1, 0.15) is 11.5 Å². The number of hydrogen-bond donors (Lipinski definition) is 1. The Hall–Kier alpha value is -5.13. The second-order valence-electron chi connectivity index (χ2n) is 10.2. The summed E-state index contributed by atoms with van der Waals surface area (Å²) in [4.78, 5) is 15.7. The molecule has 0 bridgehead atoms. The third-order valence-corrected chi connectivity index (χ3v) is 7.16. The van der Waals surface area contributed by atoms with Crippen molar-refractivity contribution in [2.45, 2.75) is 38.2 Å². The zero-order valence-corrected chi connectivity index (χ0v) is 24.3. The van der Waals surface area contributed by atoms with Crippen LogP contribution in [0.15, 0.2) is 120 Å². The van der Waals surface area contributed by atoms with Crippen LogP contribution in [-0.4, -0.2) is 25.3 Å². The maximum Gasteiger partial charge on any atom is 0.573 e. The number of esters is 1. The predicted molar refractivity (Wildman–Crippen MR) is 159 cm³/mol. The molecule has 0 amide bonds. The largest absolute Gasteiger partial charge is 0.573 e. The van der Waals surface area contributed by atoms with Gasteiger partial charge in [0, 0.05) is 23.5 Å². The van der Waals surface area contributed by atoms with Gasteiger partial charge in [0.2, 0.25) is 0 Å². The first-order valence-electron chi connectivity index (χ1n) is 14.2. The third kappa shape index (κ3) is 7.92. The number of benzene rings is 4. The molecule has 240 valence electrons. The summed E-state index contributed by atoms with van der Waals surface area (Å²) in [6, 6.07) is 27.7. The highest BCUT2D eigenvalue weighted by Gasteiger charge is 2.42. The van der Waals surface area contributed by atoms with Crippen LogP contribution in [0.1, 0.15) is 36.6 Å². The minimum Gasteiger partial charge on any atom is -0.463 e. The second kappa shape index (κ2) is 13.5. The molecule has 1 N–H and O–H groups in total. The highest BCUT2D eigenvalue weighted by Crippen LogP contribution is 2.48. The first-order valence-corrected chi connectivity index (χ1v) is 14.2. The Bertz CT molecular complexity index is 1640. The molecule has 6 nitrogen and oxygen atoms in total. The number of carbonyl (C=O) groups is 1. The molecule has 12 heteroatoms. The van der Waals surface area contributed by atoms with Crippen LogP contribution < -0.4 is 19.7 Å². The number of nitrogens with zero attached hydrogens (tertiary/aromatic N) is 1. The Morgan fingerprint density at radius 1 is 0.739 bits per heavy atom. The van der Waals surface area contributed by atoms with E-state index in [1.807, 2.05) is 53.4 Å². The van der Waals surface area contributed by atoms with E-state index < -0.39 is 42.3 Å². The quantitative estimate of drug-likeness (QED) is 0.145. The van der Waals surface area contributed by atoms with Crippen LogP contribution in [0.25, 0.3) is 0 Å². The van der Waals surface area contributed by atoms with Crippen molar-refractivity contribution in [1.82, 2.24) is 0 Å². The second-order valence-corrected chi connectivity index (χ2v) is 10.2. The molecular weight excluding hydrogens is 614 g/mol. The molecule has 1 aliphatic heterocycles. The van der Waals surface area contributed by atoms with E-state index in [0.29, 0.717) is 22.6 Å². The molecule has 0 unspecified atom stereocenters. The molecular formula is C34H28F6N2O4. The van der Waals surface area contributed by atoms with E-state index in [-0.39, 0.29) is 18.6 Å².